The number of carbonyl (C=O) groups excluding carboxylic acids is 2. The zero-order chi connectivity index (χ0) is 21.4. The molecule has 0 saturated heterocycles. The number of carbonyl (C=O) groups is 2. The number of benzene rings is 2. The standard InChI is InChI=1S/C23H24N4O2S/c1-13(2)20-22(29)26-21-17-7-5-6-8-18(17)25-23(27(20)21)30-12-19(28)24-16-10-14(3)9-15(4)11-16/h5-11,13,20H,12H2,1-4H3,(H,24,28). The van der Waals surface area contributed by atoms with E-state index >= 15 is 0 Å². The van der Waals surface area contributed by atoms with Crippen molar-refractivity contribution in [1.29, 1.82) is 0 Å². The van der Waals surface area contributed by atoms with Crippen molar-refractivity contribution in [3.63, 3.8) is 0 Å². The van der Waals surface area contributed by atoms with Crippen molar-refractivity contribution in [2.24, 2.45) is 15.9 Å². The van der Waals surface area contributed by atoms with Crippen LogP contribution in [0, 0.1) is 19.8 Å². The van der Waals surface area contributed by atoms with E-state index < -0.39 is 6.04 Å². The maximum Gasteiger partial charge on any atom is 0.271 e. The van der Waals surface area contributed by atoms with Crippen LogP contribution in [0.5, 0.6) is 0 Å². The fourth-order valence-electron chi connectivity index (χ4n) is 3.84. The zero-order valence-electron chi connectivity index (χ0n) is 17.5. The Morgan fingerprint density at radius 1 is 1.13 bits per heavy atom. The van der Waals surface area contributed by atoms with Crippen LogP contribution in [-0.2, 0) is 9.59 Å². The fraction of sp³-hybridized carbons (Fsp3) is 0.304. The first kappa shape index (κ1) is 20.3. The first-order chi connectivity index (χ1) is 14.3. The van der Waals surface area contributed by atoms with Crippen molar-refractivity contribution in [2.45, 2.75) is 33.7 Å². The van der Waals surface area contributed by atoms with E-state index in [2.05, 4.69) is 16.4 Å². The van der Waals surface area contributed by atoms with Gasteiger partial charge in [0.25, 0.3) is 5.91 Å². The van der Waals surface area contributed by atoms with E-state index in [1.54, 1.807) is 0 Å². The molecule has 2 amide bonds. The average Bonchev–Trinajstić information content (AvgIpc) is 3.03. The quantitative estimate of drug-likeness (QED) is 0.801. The van der Waals surface area contributed by atoms with E-state index in [1.807, 2.05) is 69.0 Å². The van der Waals surface area contributed by atoms with Gasteiger partial charge in [-0.1, -0.05) is 43.8 Å². The van der Waals surface area contributed by atoms with E-state index in [4.69, 9.17) is 4.99 Å². The number of thioether (sulfide) groups is 1. The third-order valence-electron chi connectivity index (χ3n) is 5.01. The molecule has 4 rings (SSSR count). The number of amidine groups is 2. The van der Waals surface area contributed by atoms with Crippen LogP contribution in [0.3, 0.4) is 0 Å². The molecule has 1 N–H and O–H groups in total. The van der Waals surface area contributed by atoms with Gasteiger partial charge < -0.3 is 5.32 Å². The minimum absolute atomic E-state index is 0.0684. The monoisotopic (exact) mass is 420 g/mol. The Balaban J connectivity index is 1.56. The van der Waals surface area contributed by atoms with Crippen molar-refractivity contribution in [3.05, 3.63) is 59.2 Å². The summed E-state index contributed by atoms with van der Waals surface area (Å²) in [5, 5.41) is 3.59. The number of anilines is 1. The molecule has 154 valence electrons. The lowest BCUT2D eigenvalue weighted by atomic mass is 10.0. The first-order valence-corrected chi connectivity index (χ1v) is 10.9. The lowest BCUT2D eigenvalue weighted by Crippen LogP contribution is -2.46. The lowest BCUT2D eigenvalue weighted by Gasteiger charge is -2.32. The van der Waals surface area contributed by atoms with E-state index in [9.17, 15) is 9.59 Å². The molecule has 2 heterocycles. The van der Waals surface area contributed by atoms with Gasteiger partial charge in [-0.25, -0.2) is 4.99 Å². The molecule has 0 aromatic heterocycles. The highest BCUT2D eigenvalue weighted by molar-refractivity contribution is 8.14. The molecule has 2 aromatic carbocycles. The molecular weight excluding hydrogens is 396 g/mol. The highest BCUT2D eigenvalue weighted by atomic mass is 32.2. The number of rotatable bonds is 4. The number of para-hydroxylation sites is 1. The van der Waals surface area contributed by atoms with Gasteiger partial charge in [0.15, 0.2) is 5.17 Å². The van der Waals surface area contributed by atoms with Crippen LogP contribution < -0.4 is 5.32 Å². The number of fused-ring (bicyclic) bond motifs is 3. The lowest BCUT2D eigenvalue weighted by molar-refractivity contribution is -0.120. The average molecular weight is 421 g/mol. The van der Waals surface area contributed by atoms with Gasteiger partial charge in [0.2, 0.25) is 5.91 Å². The number of hydrogen-bond acceptors (Lipinski definition) is 5. The molecule has 0 spiro atoms. The summed E-state index contributed by atoms with van der Waals surface area (Å²) in [5.74, 6) is 0.610. The predicted octanol–water partition coefficient (Wildman–Crippen LogP) is 4.29. The number of aryl methyl sites for hydroxylation is 2. The number of aliphatic imine (C=N–C) groups is 2. The molecule has 2 aromatic rings. The van der Waals surface area contributed by atoms with Crippen molar-refractivity contribution in [3.8, 4) is 0 Å². The van der Waals surface area contributed by atoms with E-state index in [-0.39, 0.29) is 23.5 Å². The second kappa shape index (κ2) is 8.07. The molecular formula is C23H24N4O2S. The van der Waals surface area contributed by atoms with Gasteiger partial charge in [-0.2, -0.15) is 4.99 Å². The summed E-state index contributed by atoms with van der Waals surface area (Å²) in [6, 6.07) is 13.2. The maximum absolute atomic E-state index is 12.6. The minimum Gasteiger partial charge on any atom is -0.325 e. The van der Waals surface area contributed by atoms with E-state index in [0.29, 0.717) is 11.0 Å². The van der Waals surface area contributed by atoms with Gasteiger partial charge in [-0.15, -0.1) is 0 Å². The highest BCUT2D eigenvalue weighted by Gasteiger charge is 2.43. The Morgan fingerprint density at radius 3 is 2.53 bits per heavy atom. The van der Waals surface area contributed by atoms with Crippen LogP contribution >= 0.6 is 11.8 Å². The number of nitrogens with one attached hydrogen (secondary N) is 1. The first-order valence-electron chi connectivity index (χ1n) is 9.94. The molecule has 0 saturated carbocycles. The van der Waals surface area contributed by atoms with Crippen molar-refractivity contribution >= 4 is 46.0 Å². The Labute approximate surface area is 180 Å². The van der Waals surface area contributed by atoms with Crippen molar-refractivity contribution in [1.82, 2.24) is 4.90 Å². The highest BCUT2D eigenvalue weighted by Crippen LogP contribution is 2.35. The maximum atomic E-state index is 12.6. The molecule has 30 heavy (non-hydrogen) atoms. The summed E-state index contributed by atoms with van der Waals surface area (Å²) < 4.78 is 0. The third kappa shape index (κ3) is 3.89. The fourth-order valence-corrected chi connectivity index (χ4v) is 4.68. The molecule has 1 atom stereocenters. The summed E-state index contributed by atoms with van der Waals surface area (Å²) in [5.41, 5.74) is 4.59. The van der Waals surface area contributed by atoms with Crippen molar-refractivity contribution < 1.29 is 9.59 Å². The molecule has 0 radical (unpaired) electrons. The zero-order valence-corrected chi connectivity index (χ0v) is 18.3. The third-order valence-corrected chi connectivity index (χ3v) is 5.96. The van der Waals surface area contributed by atoms with Gasteiger partial charge in [-0.3, -0.25) is 14.5 Å². The van der Waals surface area contributed by atoms with E-state index in [1.165, 1.54) is 11.8 Å². The molecule has 2 aliphatic rings. The van der Waals surface area contributed by atoms with Crippen LogP contribution in [0.4, 0.5) is 11.4 Å². The van der Waals surface area contributed by atoms with Gasteiger partial charge in [0.1, 0.15) is 11.9 Å². The SMILES string of the molecule is Cc1cc(C)cc(NC(=O)CSC2=Nc3ccccc3C3=NC(=O)C(C(C)C)N23)c1. The van der Waals surface area contributed by atoms with Crippen LogP contribution in [-0.4, -0.2) is 39.5 Å². The number of nitrogens with zero attached hydrogens (tertiary/aromatic N) is 3. The molecule has 0 aliphatic carbocycles. The Morgan fingerprint density at radius 2 is 1.83 bits per heavy atom. The second-order valence-electron chi connectivity index (χ2n) is 7.96. The Hall–Kier alpha value is -2.93. The van der Waals surface area contributed by atoms with E-state index in [0.717, 1.165) is 28.1 Å². The summed E-state index contributed by atoms with van der Waals surface area (Å²) >= 11 is 1.33. The summed E-state index contributed by atoms with van der Waals surface area (Å²) in [4.78, 5) is 36.2. The predicted molar refractivity (Wildman–Crippen MR) is 123 cm³/mol. The van der Waals surface area contributed by atoms with Crippen LogP contribution in [0.15, 0.2) is 52.4 Å². The largest absolute Gasteiger partial charge is 0.325 e. The molecule has 0 fully saturated rings. The number of hydrogen-bond donors (Lipinski definition) is 1. The Kier molecular flexibility index (Phi) is 5.47. The summed E-state index contributed by atoms with van der Waals surface area (Å²) in [6.45, 7) is 8.00. The van der Waals surface area contributed by atoms with Crippen LogP contribution in [0.25, 0.3) is 0 Å². The second-order valence-corrected chi connectivity index (χ2v) is 8.90. The normalized spacial score (nSPS) is 17.4. The van der Waals surface area contributed by atoms with Gasteiger partial charge >= 0.3 is 0 Å². The topological polar surface area (TPSA) is 74.1 Å². The van der Waals surface area contributed by atoms with Gasteiger partial charge in [-0.05, 0) is 55.2 Å². The van der Waals surface area contributed by atoms with Crippen molar-refractivity contribution in [2.75, 3.05) is 11.1 Å². The van der Waals surface area contributed by atoms with Crippen LogP contribution in [0.2, 0.25) is 0 Å². The van der Waals surface area contributed by atoms with Gasteiger partial charge in [0, 0.05) is 11.3 Å². The smallest absolute Gasteiger partial charge is 0.271 e. The summed E-state index contributed by atoms with van der Waals surface area (Å²) in [7, 11) is 0. The molecule has 6 nitrogen and oxygen atoms in total. The molecule has 7 heteroatoms. The summed E-state index contributed by atoms with van der Waals surface area (Å²) in [6.07, 6.45) is 0. The Bertz CT molecular complexity index is 1070. The van der Waals surface area contributed by atoms with Gasteiger partial charge in [0.05, 0.1) is 11.4 Å². The molecule has 0 bridgehead atoms. The number of amides is 2. The van der Waals surface area contributed by atoms with Crippen LogP contribution in [0.1, 0.15) is 30.5 Å². The molecule has 1 unspecified atom stereocenters. The molecule has 2 aliphatic heterocycles. The minimum atomic E-state index is -0.401.